The van der Waals surface area contributed by atoms with Gasteiger partial charge in [0.2, 0.25) is 0 Å². The highest BCUT2D eigenvalue weighted by atomic mass is 19.2. The van der Waals surface area contributed by atoms with Crippen molar-refractivity contribution < 1.29 is 18.4 Å². The van der Waals surface area contributed by atoms with E-state index in [9.17, 15) is 13.2 Å². The van der Waals surface area contributed by atoms with Crippen molar-refractivity contribution in [1.82, 2.24) is 0 Å². The lowest BCUT2D eigenvalue weighted by Gasteiger charge is -2.23. The largest absolute Gasteiger partial charge is 0.409 e. The summed E-state index contributed by atoms with van der Waals surface area (Å²) < 4.78 is 39.0. The van der Waals surface area contributed by atoms with Crippen LogP contribution in [0.4, 0.5) is 18.9 Å². The van der Waals surface area contributed by atoms with Crippen molar-refractivity contribution in [3.05, 3.63) is 29.6 Å². The van der Waals surface area contributed by atoms with Crippen molar-refractivity contribution in [3.63, 3.8) is 0 Å². The SMILES string of the molecule is CC(C)(CCNc1ccc(F)c(F)c1F)C(N)=NO. The van der Waals surface area contributed by atoms with Gasteiger partial charge >= 0.3 is 0 Å². The Bertz CT molecular complexity index is 489. The Morgan fingerprint density at radius 3 is 2.53 bits per heavy atom. The molecule has 0 aliphatic carbocycles. The van der Waals surface area contributed by atoms with Gasteiger partial charge in [-0.15, -0.1) is 0 Å². The second-order valence-electron chi connectivity index (χ2n) is 4.77. The van der Waals surface area contributed by atoms with E-state index >= 15 is 0 Å². The van der Waals surface area contributed by atoms with Crippen LogP contribution in [0.3, 0.4) is 0 Å². The van der Waals surface area contributed by atoms with Crippen LogP contribution in [-0.2, 0) is 0 Å². The van der Waals surface area contributed by atoms with E-state index in [0.717, 1.165) is 12.1 Å². The van der Waals surface area contributed by atoms with Crippen molar-refractivity contribution in [2.75, 3.05) is 11.9 Å². The summed E-state index contributed by atoms with van der Waals surface area (Å²) in [6.45, 7) is 3.74. The Labute approximate surface area is 109 Å². The molecule has 0 radical (unpaired) electrons. The van der Waals surface area contributed by atoms with E-state index in [1.54, 1.807) is 13.8 Å². The van der Waals surface area contributed by atoms with Gasteiger partial charge in [0.05, 0.1) is 5.69 Å². The summed E-state index contributed by atoms with van der Waals surface area (Å²) in [6, 6.07) is 1.96. The number of rotatable bonds is 5. The van der Waals surface area contributed by atoms with E-state index in [2.05, 4.69) is 10.5 Å². The van der Waals surface area contributed by atoms with Crippen LogP contribution in [0.15, 0.2) is 17.3 Å². The summed E-state index contributed by atoms with van der Waals surface area (Å²) in [7, 11) is 0. The molecule has 0 spiro atoms. The van der Waals surface area contributed by atoms with Crippen molar-refractivity contribution in [3.8, 4) is 0 Å². The molecule has 0 aliphatic heterocycles. The van der Waals surface area contributed by atoms with Crippen LogP contribution in [0.5, 0.6) is 0 Å². The van der Waals surface area contributed by atoms with Gasteiger partial charge in [-0.05, 0) is 18.6 Å². The molecular formula is C12H16F3N3O. The number of nitrogens with two attached hydrogens (primary N) is 1. The molecule has 0 atom stereocenters. The summed E-state index contributed by atoms with van der Waals surface area (Å²) in [4.78, 5) is 0. The highest BCUT2D eigenvalue weighted by molar-refractivity contribution is 5.85. The van der Waals surface area contributed by atoms with Gasteiger partial charge in [0.1, 0.15) is 5.84 Å². The molecular weight excluding hydrogens is 259 g/mol. The molecule has 4 N–H and O–H groups in total. The zero-order valence-electron chi connectivity index (χ0n) is 10.7. The molecule has 0 heterocycles. The number of halogens is 3. The molecule has 4 nitrogen and oxygen atoms in total. The van der Waals surface area contributed by atoms with Gasteiger partial charge in [0.25, 0.3) is 0 Å². The lowest BCUT2D eigenvalue weighted by Crippen LogP contribution is -2.33. The first kappa shape index (κ1) is 15.1. The van der Waals surface area contributed by atoms with Crippen LogP contribution in [0.1, 0.15) is 20.3 Å². The van der Waals surface area contributed by atoms with Gasteiger partial charge in [-0.3, -0.25) is 0 Å². The van der Waals surface area contributed by atoms with E-state index in [-0.39, 0.29) is 18.1 Å². The minimum absolute atomic E-state index is 0.0417. The highest BCUT2D eigenvalue weighted by Crippen LogP contribution is 2.23. The molecule has 1 aromatic rings. The number of nitrogens with zero attached hydrogens (tertiary/aromatic N) is 1. The Morgan fingerprint density at radius 2 is 1.95 bits per heavy atom. The average Bonchev–Trinajstić information content (AvgIpc) is 2.37. The van der Waals surface area contributed by atoms with Crippen molar-refractivity contribution >= 4 is 11.5 Å². The molecule has 1 aromatic carbocycles. The third kappa shape index (κ3) is 3.52. The van der Waals surface area contributed by atoms with E-state index in [0.29, 0.717) is 6.42 Å². The highest BCUT2D eigenvalue weighted by Gasteiger charge is 2.23. The van der Waals surface area contributed by atoms with E-state index in [1.165, 1.54) is 0 Å². The van der Waals surface area contributed by atoms with Crippen LogP contribution >= 0.6 is 0 Å². The third-order valence-electron chi connectivity index (χ3n) is 2.90. The second-order valence-corrected chi connectivity index (χ2v) is 4.77. The fourth-order valence-corrected chi connectivity index (χ4v) is 1.44. The molecule has 0 saturated heterocycles. The second kappa shape index (κ2) is 5.81. The first-order chi connectivity index (χ1) is 8.79. The van der Waals surface area contributed by atoms with Crippen LogP contribution in [-0.4, -0.2) is 17.6 Å². The standard InChI is InChI=1S/C12H16F3N3O/c1-12(2,11(16)18-19)5-6-17-8-4-3-7(13)9(14)10(8)15/h3-4,17,19H,5-6H2,1-2H3,(H2,16,18). The Kier molecular flexibility index (Phi) is 4.63. The number of hydrogen-bond donors (Lipinski definition) is 3. The number of nitrogens with one attached hydrogen (secondary N) is 1. The molecule has 106 valence electrons. The molecule has 0 aromatic heterocycles. The lowest BCUT2D eigenvalue weighted by atomic mass is 9.88. The number of hydrogen-bond acceptors (Lipinski definition) is 3. The van der Waals surface area contributed by atoms with Crippen molar-refractivity contribution in [2.45, 2.75) is 20.3 Å². The average molecular weight is 275 g/mol. The van der Waals surface area contributed by atoms with Gasteiger partial charge in [-0.2, -0.15) is 0 Å². The first-order valence-corrected chi connectivity index (χ1v) is 5.65. The molecule has 0 amide bonds. The van der Waals surface area contributed by atoms with Crippen LogP contribution in [0, 0.1) is 22.9 Å². The topological polar surface area (TPSA) is 70.6 Å². The third-order valence-corrected chi connectivity index (χ3v) is 2.90. The Hall–Kier alpha value is -1.92. The predicted molar refractivity (Wildman–Crippen MR) is 66.6 cm³/mol. The predicted octanol–water partition coefficient (Wildman–Crippen LogP) is 2.68. The molecule has 0 aliphatic rings. The maximum Gasteiger partial charge on any atom is 0.196 e. The number of benzene rings is 1. The fourth-order valence-electron chi connectivity index (χ4n) is 1.44. The molecule has 0 unspecified atom stereocenters. The van der Waals surface area contributed by atoms with Crippen LogP contribution in [0.2, 0.25) is 0 Å². The monoisotopic (exact) mass is 275 g/mol. The quantitative estimate of drug-likeness (QED) is 0.254. The summed E-state index contributed by atoms with van der Waals surface area (Å²) in [5, 5.41) is 14.1. The molecule has 1 rings (SSSR count). The van der Waals surface area contributed by atoms with Gasteiger partial charge in [0.15, 0.2) is 17.5 Å². The molecule has 0 bridgehead atoms. The normalized spacial score (nSPS) is 12.6. The maximum atomic E-state index is 13.3. The van der Waals surface area contributed by atoms with E-state index < -0.39 is 22.9 Å². The summed E-state index contributed by atoms with van der Waals surface area (Å²) in [6.07, 6.45) is 0.418. The van der Waals surface area contributed by atoms with Crippen LogP contribution in [0.25, 0.3) is 0 Å². The number of anilines is 1. The first-order valence-electron chi connectivity index (χ1n) is 5.65. The Balaban J connectivity index is 2.67. The molecule has 19 heavy (non-hydrogen) atoms. The van der Waals surface area contributed by atoms with Crippen molar-refractivity contribution in [1.29, 1.82) is 0 Å². The molecule has 0 saturated carbocycles. The van der Waals surface area contributed by atoms with Gasteiger partial charge < -0.3 is 16.3 Å². The number of amidine groups is 1. The van der Waals surface area contributed by atoms with Gasteiger partial charge in [-0.25, -0.2) is 13.2 Å². The zero-order valence-corrected chi connectivity index (χ0v) is 10.7. The summed E-state index contributed by atoms with van der Waals surface area (Å²) >= 11 is 0. The smallest absolute Gasteiger partial charge is 0.196 e. The minimum Gasteiger partial charge on any atom is -0.409 e. The van der Waals surface area contributed by atoms with E-state index in [4.69, 9.17) is 10.9 Å². The lowest BCUT2D eigenvalue weighted by molar-refractivity contribution is 0.306. The van der Waals surface area contributed by atoms with Crippen molar-refractivity contribution in [2.24, 2.45) is 16.3 Å². The summed E-state index contributed by atoms with van der Waals surface area (Å²) in [5.74, 6) is -3.97. The minimum atomic E-state index is -1.51. The fraction of sp³-hybridized carbons (Fsp3) is 0.417. The van der Waals surface area contributed by atoms with Gasteiger partial charge in [0, 0.05) is 12.0 Å². The van der Waals surface area contributed by atoms with E-state index in [1.807, 2.05) is 0 Å². The van der Waals surface area contributed by atoms with Gasteiger partial charge in [-0.1, -0.05) is 19.0 Å². The summed E-state index contributed by atoms with van der Waals surface area (Å²) in [5.41, 5.74) is 4.76. The Morgan fingerprint density at radius 1 is 1.32 bits per heavy atom. The maximum absolute atomic E-state index is 13.3. The zero-order chi connectivity index (χ0) is 14.6. The molecule has 7 heteroatoms. The number of oxime groups is 1. The molecule has 0 fully saturated rings. The van der Waals surface area contributed by atoms with Crippen LogP contribution < -0.4 is 11.1 Å².